The third-order valence-electron chi connectivity index (χ3n) is 2.65. The van der Waals surface area contributed by atoms with Gasteiger partial charge in [-0.15, -0.1) is 0 Å². The molecule has 2 aromatic rings. The molecule has 7 heteroatoms. The summed E-state index contributed by atoms with van der Waals surface area (Å²) in [6.07, 6.45) is 6.56. The van der Waals surface area contributed by atoms with Gasteiger partial charge in [-0.25, -0.2) is 9.67 Å². The van der Waals surface area contributed by atoms with Gasteiger partial charge >= 0.3 is 0 Å². The van der Waals surface area contributed by atoms with Crippen LogP contribution < -0.4 is 5.32 Å². The van der Waals surface area contributed by atoms with Crippen molar-refractivity contribution in [3.8, 4) is 0 Å². The summed E-state index contributed by atoms with van der Waals surface area (Å²) in [4.78, 5) is 15.3. The number of carbonyl (C=O) groups excluding carboxylic acids is 1. The Morgan fingerprint density at radius 3 is 3.11 bits per heavy atom. The topological polar surface area (TPSA) is 88.5 Å². The predicted molar refractivity (Wildman–Crippen MR) is 64.7 cm³/mol. The maximum atomic E-state index is 11.5. The Balaban J connectivity index is 1.63. The summed E-state index contributed by atoms with van der Waals surface area (Å²) in [5.41, 5.74) is 2.28. The average molecular weight is 248 g/mol. The van der Waals surface area contributed by atoms with Crippen LogP contribution in [0.3, 0.4) is 0 Å². The molecule has 0 saturated carbocycles. The smallest absolute Gasteiger partial charge is 0.241 e. The predicted octanol–water partition coefficient (Wildman–Crippen LogP) is 0.0586. The van der Waals surface area contributed by atoms with Crippen LogP contribution in [0.15, 0.2) is 18.9 Å². The number of carbonyl (C=O) groups is 1. The number of nitrogens with zero attached hydrogens (tertiary/aromatic N) is 4. The fourth-order valence-corrected chi connectivity index (χ4v) is 1.65. The van der Waals surface area contributed by atoms with Gasteiger partial charge in [-0.3, -0.25) is 9.89 Å². The zero-order valence-corrected chi connectivity index (χ0v) is 10.3. The van der Waals surface area contributed by atoms with Crippen LogP contribution in [-0.2, 0) is 17.8 Å². The van der Waals surface area contributed by atoms with Gasteiger partial charge in [-0.2, -0.15) is 10.2 Å². The average Bonchev–Trinajstić information content (AvgIpc) is 2.97. The van der Waals surface area contributed by atoms with Crippen molar-refractivity contribution < 1.29 is 4.79 Å². The van der Waals surface area contributed by atoms with E-state index in [1.807, 2.05) is 13.1 Å². The van der Waals surface area contributed by atoms with E-state index in [4.69, 9.17) is 0 Å². The van der Waals surface area contributed by atoms with Crippen LogP contribution >= 0.6 is 0 Å². The maximum absolute atomic E-state index is 11.5. The van der Waals surface area contributed by atoms with E-state index >= 15 is 0 Å². The van der Waals surface area contributed by atoms with Crippen molar-refractivity contribution >= 4 is 5.91 Å². The molecule has 0 aromatic carbocycles. The number of hydrogen-bond acceptors (Lipinski definition) is 4. The van der Waals surface area contributed by atoms with Gasteiger partial charge in [0, 0.05) is 12.2 Å². The number of amides is 1. The summed E-state index contributed by atoms with van der Waals surface area (Å²) in [5, 5.41) is 13.6. The molecule has 2 heterocycles. The Morgan fingerprint density at radius 1 is 1.56 bits per heavy atom. The molecular weight excluding hydrogens is 232 g/mol. The molecule has 0 aliphatic rings. The van der Waals surface area contributed by atoms with E-state index in [9.17, 15) is 4.79 Å². The lowest BCUT2D eigenvalue weighted by Crippen LogP contribution is -2.28. The monoisotopic (exact) mass is 248 g/mol. The van der Waals surface area contributed by atoms with Crippen molar-refractivity contribution in [1.29, 1.82) is 0 Å². The molecular formula is C11H16N6O. The van der Waals surface area contributed by atoms with Crippen LogP contribution in [0.2, 0.25) is 0 Å². The van der Waals surface area contributed by atoms with Crippen molar-refractivity contribution in [2.24, 2.45) is 0 Å². The molecule has 0 fully saturated rings. The Labute approximate surface area is 105 Å². The minimum atomic E-state index is -0.0515. The van der Waals surface area contributed by atoms with Gasteiger partial charge in [0.05, 0.1) is 6.20 Å². The van der Waals surface area contributed by atoms with Gasteiger partial charge in [0.1, 0.15) is 19.2 Å². The van der Waals surface area contributed by atoms with Crippen molar-refractivity contribution in [2.75, 3.05) is 6.54 Å². The first-order valence-corrected chi connectivity index (χ1v) is 5.83. The number of nitrogens with one attached hydrogen (secondary N) is 2. The van der Waals surface area contributed by atoms with Crippen molar-refractivity contribution in [3.05, 3.63) is 30.1 Å². The highest BCUT2D eigenvalue weighted by Crippen LogP contribution is 2.04. The quantitative estimate of drug-likeness (QED) is 0.707. The number of aromatic amines is 1. The summed E-state index contributed by atoms with van der Waals surface area (Å²) in [7, 11) is 0. The molecule has 0 atom stereocenters. The van der Waals surface area contributed by atoms with E-state index < -0.39 is 0 Å². The molecule has 2 aromatic heterocycles. The van der Waals surface area contributed by atoms with Crippen molar-refractivity contribution in [2.45, 2.75) is 26.3 Å². The number of rotatable bonds is 6. The highest BCUT2D eigenvalue weighted by molar-refractivity contribution is 5.75. The number of H-pyrrole nitrogens is 1. The highest BCUT2D eigenvalue weighted by Gasteiger charge is 2.03. The first kappa shape index (κ1) is 12.3. The van der Waals surface area contributed by atoms with Crippen molar-refractivity contribution in [3.63, 3.8) is 0 Å². The molecule has 96 valence electrons. The summed E-state index contributed by atoms with van der Waals surface area (Å²) >= 11 is 0. The van der Waals surface area contributed by atoms with Crippen LogP contribution in [0.4, 0.5) is 0 Å². The van der Waals surface area contributed by atoms with Gasteiger partial charge in [0.2, 0.25) is 5.91 Å². The molecule has 2 rings (SSSR count). The van der Waals surface area contributed by atoms with Crippen molar-refractivity contribution in [1.82, 2.24) is 30.3 Å². The Hall–Kier alpha value is -2.18. The molecule has 7 nitrogen and oxygen atoms in total. The number of hydrogen-bond donors (Lipinski definition) is 2. The van der Waals surface area contributed by atoms with Gasteiger partial charge in [-0.05, 0) is 25.3 Å². The Bertz CT molecular complexity index is 489. The van der Waals surface area contributed by atoms with E-state index in [1.54, 1.807) is 0 Å². The number of aryl methyl sites for hydroxylation is 2. The van der Waals surface area contributed by atoms with E-state index in [0.29, 0.717) is 6.54 Å². The minimum Gasteiger partial charge on any atom is -0.354 e. The van der Waals surface area contributed by atoms with Crippen LogP contribution in [0.5, 0.6) is 0 Å². The molecule has 1 amide bonds. The minimum absolute atomic E-state index is 0.0515. The largest absolute Gasteiger partial charge is 0.354 e. The summed E-state index contributed by atoms with van der Waals surface area (Å²) < 4.78 is 1.50. The summed E-state index contributed by atoms with van der Waals surface area (Å²) in [5.74, 6) is -0.0515. The fraction of sp³-hybridized carbons (Fsp3) is 0.455. The number of aromatic nitrogens is 5. The fourth-order valence-electron chi connectivity index (χ4n) is 1.65. The zero-order valence-electron chi connectivity index (χ0n) is 10.3. The lowest BCUT2D eigenvalue weighted by Gasteiger charge is -2.04. The molecule has 0 aliphatic carbocycles. The zero-order chi connectivity index (χ0) is 12.8. The lowest BCUT2D eigenvalue weighted by molar-refractivity contribution is -0.121. The van der Waals surface area contributed by atoms with Crippen LogP contribution in [0, 0.1) is 6.92 Å². The Morgan fingerprint density at radius 2 is 2.44 bits per heavy atom. The summed E-state index contributed by atoms with van der Waals surface area (Å²) in [6, 6.07) is 0. The SMILES string of the molecule is Cc1[nH]ncc1CCCNC(=O)Cn1cncn1. The van der Waals surface area contributed by atoms with Gasteiger partial charge in [-0.1, -0.05) is 0 Å². The van der Waals surface area contributed by atoms with Crippen LogP contribution in [0.1, 0.15) is 17.7 Å². The third kappa shape index (κ3) is 3.41. The van der Waals surface area contributed by atoms with Gasteiger partial charge in [0.15, 0.2) is 0 Å². The highest BCUT2D eigenvalue weighted by atomic mass is 16.2. The molecule has 0 radical (unpaired) electrons. The second kappa shape index (κ2) is 5.95. The van der Waals surface area contributed by atoms with E-state index in [-0.39, 0.29) is 12.5 Å². The second-order valence-electron chi connectivity index (χ2n) is 4.07. The molecule has 2 N–H and O–H groups in total. The molecule has 0 aliphatic heterocycles. The maximum Gasteiger partial charge on any atom is 0.241 e. The Kier molecular flexibility index (Phi) is 4.06. The lowest BCUT2D eigenvalue weighted by atomic mass is 10.1. The van der Waals surface area contributed by atoms with Crippen LogP contribution in [-0.4, -0.2) is 37.4 Å². The molecule has 0 unspecified atom stereocenters. The van der Waals surface area contributed by atoms with Crippen LogP contribution in [0.25, 0.3) is 0 Å². The normalized spacial score (nSPS) is 10.5. The first-order valence-electron chi connectivity index (χ1n) is 5.83. The molecule has 0 spiro atoms. The second-order valence-corrected chi connectivity index (χ2v) is 4.07. The summed E-state index contributed by atoms with van der Waals surface area (Å²) in [6.45, 7) is 2.86. The van der Waals surface area contributed by atoms with Gasteiger partial charge in [0.25, 0.3) is 0 Å². The standard InChI is InChI=1S/C11H16N6O/c1-9-10(5-14-16-9)3-2-4-13-11(18)6-17-8-12-7-15-17/h5,7-8H,2-4,6H2,1H3,(H,13,18)(H,14,16). The molecule has 0 bridgehead atoms. The van der Waals surface area contributed by atoms with E-state index in [2.05, 4.69) is 25.6 Å². The molecule has 0 saturated heterocycles. The van der Waals surface area contributed by atoms with Gasteiger partial charge < -0.3 is 5.32 Å². The van der Waals surface area contributed by atoms with E-state index in [1.165, 1.54) is 22.9 Å². The first-order chi connectivity index (χ1) is 8.75. The third-order valence-corrected chi connectivity index (χ3v) is 2.65. The van der Waals surface area contributed by atoms with E-state index in [0.717, 1.165) is 18.5 Å². The molecule has 18 heavy (non-hydrogen) atoms.